The smallest absolute Gasteiger partial charge is 0.239 e. The fraction of sp³-hybridized carbons (Fsp3) is 0.250. The molecule has 8 nitrogen and oxygen atoms in total. The van der Waals surface area contributed by atoms with Crippen LogP contribution in [0, 0.1) is 0 Å². The summed E-state index contributed by atoms with van der Waals surface area (Å²) in [6, 6.07) is 13.1. The Kier molecular flexibility index (Phi) is 4.78. The van der Waals surface area contributed by atoms with Gasteiger partial charge in [0.2, 0.25) is 17.5 Å². The van der Waals surface area contributed by atoms with E-state index in [1.165, 1.54) is 6.07 Å². The van der Waals surface area contributed by atoms with Crippen LogP contribution in [0.25, 0.3) is 22.3 Å². The first-order valence-corrected chi connectivity index (χ1v) is 8.64. The van der Waals surface area contributed by atoms with Gasteiger partial charge < -0.3 is 34.3 Å². The van der Waals surface area contributed by atoms with Gasteiger partial charge in [-0.05, 0) is 12.1 Å². The van der Waals surface area contributed by atoms with Gasteiger partial charge in [-0.3, -0.25) is 4.79 Å². The van der Waals surface area contributed by atoms with Crippen molar-refractivity contribution in [1.82, 2.24) is 0 Å². The minimum Gasteiger partial charge on any atom is -0.507 e. The second-order valence-corrected chi connectivity index (χ2v) is 6.43. The second kappa shape index (κ2) is 7.25. The topological polar surface area (TPSA) is 130 Å². The zero-order valence-corrected chi connectivity index (χ0v) is 14.6. The summed E-state index contributed by atoms with van der Waals surface area (Å²) in [6.45, 7) is -0.531. The monoisotopic (exact) mass is 386 g/mol. The van der Waals surface area contributed by atoms with Gasteiger partial charge in [-0.1, -0.05) is 36.4 Å². The summed E-state index contributed by atoms with van der Waals surface area (Å²) in [5.74, 6) is -0.478. The molecule has 2 heterocycles. The number of ether oxygens (including phenoxy) is 2. The van der Waals surface area contributed by atoms with Gasteiger partial charge in [0.1, 0.15) is 35.0 Å². The predicted octanol–water partition coefficient (Wildman–Crippen LogP) is 0.983. The fourth-order valence-corrected chi connectivity index (χ4v) is 3.17. The van der Waals surface area contributed by atoms with Crippen molar-refractivity contribution in [3.8, 4) is 22.8 Å². The summed E-state index contributed by atoms with van der Waals surface area (Å²) in [4.78, 5) is 13.1. The maximum Gasteiger partial charge on any atom is 0.239 e. The van der Waals surface area contributed by atoms with Gasteiger partial charge in [-0.2, -0.15) is 0 Å². The van der Waals surface area contributed by atoms with Crippen molar-refractivity contribution in [3.05, 3.63) is 58.8 Å². The molecule has 0 bridgehead atoms. The SMILES string of the molecule is O=c1c(OC2O[C@H](CO)[C@@H](O)[C@H]2O)c(-c2ccccc2)oc2cccc(O)c12. The van der Waals surface area contributed by atoms with Gasteiger partial charge in [0.05, 0.1) is 6.61 Å². The van der Waals surface area contributed by atoms with Crippen LogP contribution >= 0.6 is 0 Å². The van der Waals surface area contributed by atoms with Crippen LogP contribution in [0.1, 0.15) is 0 Å². The van der Waals surface area contributed by atoms with E-state index >= 15 is 0 Å². The van der Waals surface area contributed by atoms with Gasteiger partial charge in [0.15, 0.2) is 5.76 Å². The van der Waals surface area contributed by atoms with Crippen LogP contribution in [0.15, 0.2) is 57.7 Å². The lowest BCUT2D eigenvalue weighted by atomic mass is 10.1. The first-order valence-electron chi connectivity index (χ1n) is 8.64. The normalized spacial score (nSPS) is 24.5. The number of aliphatic hydroxyl groups is 3. The molecule has 146 valence electrons. The molecule has 28 heavy (non-hydrogen) atoms. The summed E-state index contributed by atoms with van der Waals surface area (Å²) in [6.07, 6.45) is -5.32. The molecule has 2 aromatic carbocycles. The number of hydrogen-bond acceptors (Lipinski definition) is 8. The molecule has 1 aliphatic heterocycles. The Hall–Kier alpha value is -2.91. The molecule has 0 spiro atoms. The summed E-state index contributed by atoms with van der Waals surface area (Å²) in [5.41, 5.74) is 0.0416. The van der Waals surface area contributed by atoms with Gasteiger partial charge >= 0.3 is 0 Å². The second-order valence-electron chi connectivity index (χ2n) is 6.43. The molecule has 3 aromatic rings. The number of phenols is 1. The van der Waals surface area contributed by atoms with E-state index in [4.69, 9.17) is 13.9 Å². The number of hydrogen-bond donors (Lipinski definition) is 4. The maximum atomic E-state index is 13.1. The molecule has 0 saturated carbocycles. The van der Waals surface area contributed by atoms with Crippen LogP contribution in [0.3, 0.4) is 0 Å². The molecule has 0 radical (unpaired) electrons. The molecule has 1 unspecified atom stereocenters. The average molecular weight is 386 g/mol. The molecule has 8 heteroatoms. The Morgan fingerprint density at radius 3 is 2.43 bits per heavy atom. The van der Waals surface area contributed by atoms with Gasteiger partial charge in [-0.15, -0.1) is 0 Å². The van der Waals surface area contributed by atoms with Crippen molar-refractivity contribution in [2.24, 2.45) is 0 Å². The zero-order valence-electron chi connectivity index (χ0n) is 14.6. The predicted molar refractivity (Wildman–Crippen MR) is 98.0 cm³/mol. The van der Waals surface area contributed by atoms with Crippen molar-refractivity contribution in [2.45, 2.75) is 24.6 Å². The average Bonchev–Trinajstić information content (AvgIpc) is 2.98. The third-order valence-corrected chi connectivity index (χ3v) is 4.62. The quantitative estimate of drug-likeness (QED) is 0.522. The highest BCUT2D eigenvalue weighted by Crippen LogP contribution is 2.35. The minimum atomic E-state index is -1.49. The van der Waals surface area contributed by atoms with Crippen LogP contribution in [0.2, 0.25) is 0 Å². The molecule has 0 aliphatic carbocycles. The van der Waals surface area contributed by atoms with Crippen molar-refractivity contribution < 1.29 is 34.3 Å². The van der Waals surface area contributed by atoms with Crippen molar-refractivity contribution >= 4 is 11.0 Å². The first-order chi connectivity index (χ1) is 13.5. The summed E-state index contributed by atoms with van der Waals surface area (Å²) in [7, 11) is 0. The number of aromatic hydroxyl groups is 1. The van der Waals surface area contributed by atoms with Gasteiger partial charge in [0, 0.05) is 5.56 Å². The standard InChI is InChI=1S/C20H18O8/c21-9-13-15(23)17(25)20(27-13)28-19-16(24)14-11(22)7-4-8-12(14)26-18(19)10-5-2-1-3-6-10/h1-8,13,15,17,20-23,25H,9H2/t13-,15-,17-,20?/m1/s1. The van der Waals surface area contributed by atoms with E-state index in [-0.39, 0.29) is 28.2 Å². The molecule has 4 rings (SSSR count). The molecular weight excluding hydrogens is 368 g/mol. The molecule has 1 aromatic heterocycles. The van der Waals surface area contributed by atoms with Crippen LogP contribution < -0.4 is 10.2 Å². The van der Waals surface area contributed by atoms with Crippen molar-refractivity contribution in [1.29, 1.82) is 0 Å². The number of fused-ring (bicyclic) bond motifs is 1. The molecule has 0 amide bonds. The zero-order chi connectivity index (χ0) is 19.8. The highest BCUT2D eigenvalue weighted by molar-refractivity contribution is 5.86. The maximum absolute atomic E-state index is 13.1. The highest BCUT2D eigenvalue weighted by Gasteiger charge is 2.44. The van der Waals surface area contributed by atoms with E-state index in [9.17, 15) is 25.2 Å². The molecular formula is C20H18O8. The summed E-state index contributed by atoms with van der Waals surface area (Å²) >= 11 is 0. The van der Waals surface area contributed by atoms with E-state index in [0.29, 0.717) is 5.56 Å². The summed E-state index contributed by atoms with van der Waals surface area (Å²) in [5, 5.41) is 39.3. The molecule has 4 atom stereocenters. The number of benzene rings is 2. The fourth-order valence-electron chi connectivity index (χ4n) is 3.17. The Morgan fingerprint density at radius 1 is 1.00 bits per heavy atom. The van der Waals surface area contributed by atoms with E-state index < -0.39 is 36.6 Å². The van der Waals surface area contributed by atoms with Crippen LogP contribution in [-0.4, -0.2) is 51.6 Å². The van der Waals surface area contributed by atoms with Gasteiger partial charge in [0.25, 0.3) is 0 Å². The van der Waals surface area contributed by atoms with Crippen LogP contribution in [-0.2, 0) is 4.74 Å². The minimum absolute atomic E-state index is 0.0797. The van der Waals surface area contributed by atoms with Crippen LogP contribution in [0.4, 0.5) is 0 Å². The van der Waals surface area contributed by atoms with E-state index in [1.807, 2.05) is 0 Å². The van der Waals surface area contributed by atoms with E-state index in [2.05, 4.69) is 0 Å². The number of phenolic OH excluding ortho intramolecular Hbond substituents is 1. The third kappa shape index (κ3) is 3.02. The van der Waals surface area contributed by atoms with Gasteiger partial charge in [-0.25, -0.2) is 0 Å². The van der Waals surface area contributed by atoms with Crippen molar-refractivity contribution in [2.75, 3.05) is 6.61 Å². The molecule has 1 fully saturated rings. The third-order valence-electron chi connectivity index (χ3n) is 4.62. The highest BCUT2D eigenvalue weighted by atomic mass is 16.7. The summed E-state index contributed by atoms with van der Waals surface area (Å²) < 4.78 is 16.8. The lowest BCUT2D eigenvalue weighted by molar-refractivity contribution is -0.117. The molecule has 4 N–H and O–H groups in total. The Labute approximate surface area is 158 Å². The lowest BCUT2D eigenvalue weighted by Crippen LogP contribution is -2.36. The molecule has 1 saturated heterocycles. The number of rotatable bonds is 4. The number of aliphatic hydroxyl groups excluding tert-OH is 3. The Morgan fingerprint density at radius 2 is 1.75 bits per heavy atom. The first kappa shape index (κ1) is 18.5. The van der Waals surface area contributed by atoms with Crippen LogP contribution in [0.5, 0.6) is 11.5 Å². The largest absolute Gasteiger partial charge is 0.507 e. The van der Waals surface area contributed by atoms with E-state index in [1.54, 1.807) is 42.5 Å². The lowest BCUT2D eigenvalue weighted by Gasteiger charge is -2.18. The Bertz CT molecular complexity index is 1050. The Balaban J connectivity index is 1.87. The molecule has 1 aliphatic rings. The van der Waals surface area contributed by atoms with E-state index in [0.717, 1.165) is 0 Å². The van der Waals surface area contributed by atoms with Crippen molar-refractivity contribution in [3.63, 3.8) is 0 Å².